The van der Waals surface area contributed by atoms with Crippen molar-refractivity contribution < 1.29 is 41.9 Å². The van der Waals surface area contributed by atoms with E-state index >= 15 is 0 Å². The van der Waals surface area contributed by atoms with Gasteiger partial charge >= 0.3 is 12.1 Å². The summed E-state index contributed by atoms with van der Waals surface area (Å²) in [5, 5.41) is 10.8. The highest BCUT2D eigenvalue weighted by Gasteiger charge is 2.37. The van der Waals surface area contributed by atoms with Gasteiger partial charge in [0.1, 0.15) is 18.1 Å². The molecule has 3 amide bonds. The van der Waals surface area contributed by atoms with Crippen LogP contribution in [0.25, 0.3) is 17.4 Å². The zero-order valence-corrected chi connectivity index (χ0v) is 18.9. The predicted molar refractivity (Wildman–Crippen MR) is 124 cm³/mol. The lowest BCUT2D eigenvalue weighted by Crippen LogP contribution is -2.36. The summed E-state index contributed by atoms with van der Waals surface area (Å²) < 4.78 is 44.2. The number of hydrogen-bond donors (Lipinski definition) is 2. The minimum absolute atomic E-state index is 0.0190. The van der Waals surface area contributed by atoms with E-state index in [1.54, 1.807) is 18.2 Å². The molecule has 2 aromatic carbocycles. The van der Waals surface area contributed by atoms with Crippen LogP contribution in [0.3, 0.4) is 0 Å². The molecule has 1 aliphatic rings. The zero-order chi connectivity index (χ0) is 26.0. The van der Waals surface area contributed by atoms with E-state index in [9.17, 15) is 37.5 Å². The van der Waals surface area contributed by atoms with Crippen molar-refractivity contribution in [2.24, 2.45) is 0 Å². The summed E-state index contributed by atoms with van der Waals surface area (Å²) in [5.74, 6) is -2.38. The molecule has 4 rings (SSSR count). The van der Waals surface area contributed by atoms with Gasteiger partial charge in [-0.25, -0.2) is 4.79 Å². The maximum absolute atomic E-state index is 12.9. The molecule has 0 aliphatic carbocycles. The molecule has 36 heavy (non-hydrogen) atoms. The summed E-state index contributed by atoms with van der Waals surface area (Å²) in [6.45, 7) is -0.701. The maximum atomic E-state index is 12.9. The van der Waals surface area contributed by atoms with Crippen molar-refractivity contribution in [1.29, 1.82) is 0 Å². The second-order valence-corrected chi connectivity index (χ2v) is 8.44. The van der Waals surface area contributed by atoms with Crippen LogP contribution in [0.4, 0.5) is 23.7 Å². The summed E-state index contributed by atoms with van der Waals surface area (Å²) in [5.41, 5.74) is -0.755. The second kappa shape index (κ2) is 9.74. The van der Waals surface area contributed by atoms with Gasteiger partial charge in [0.05, 0.1) is 16.0 Å². The van der Waals surface area contributed by atoms with Crippen LogP contribution in [0.2, 0.25) is 0 Å². The van der Waals surface area contributed by atoms with Gasteiger partial charge in [-0.15, -0.1) is 0 Å². The van der Waals surface area contributed by atoms with Crippen molar-refractivity contribution in [2.75, 3.05) is 11.9 Å². The van der Waals surface area contributed by atoms with Crippen LogP contribution < -0.4 is 5.32 Å². The molecular weight excluding hydrogens is 501 g/mol. The number of anilines is 1. The number of carboxylic acids is 1. The van der Waals surface area contributed by atoms with E-state index < -0.39 is 41.3 Å². The summed E-state index contributed by atoms with van der Waals surface area (Å²) in [6, 6.07) is 13.1. The van der Waals surface area contributed by atoms with Crippen LogP contribution in [0.1, 0.15) is 21.7 Å². The first-order chi connectivity index (χ1) is 17.0. The second-order valence-electron chi connectivity index (χ2n) is 7.45. The normalized spacial score (nSPS) is 15.0. The molecule has 2 heterocycles. The molecule has 0 radical (unpaired) electrons. The fourth-order valence-corrected chi connectivity index (χ4v) is 4.16. The number of benzene rings is 2. The Morgan fingerprint density at radius 1 is 1.06 bits per heavy atom. The Morgan fingerprint density at radius 3 is 2.53 bits per heavy atom. The first-order valence-corrected chi connectivity index (χ1v) is 11.0. The van der Waals surface area contributed by atoms with Gasteiger partial charge in [0, 0.05) is 17.3 Å². The molecule has 184 valence electrons. The van der Waals surface area contributed by atoms with Gasteiger partial charge < -0.3 is 14.8 Å². The minimum Gasteiger partial charge on any atom is -0.478 e. The third kappa shape index (κ3) is 5.33. The number of thioether (sulfide) groups is 1. The number of nitrogens with zero attached hydrogens (tertiary/aromatic N) is 1. The number of carbonyl (C=O) groups is 4. The predicted octanol–water partition coefficient (Wildman–Crippen LogP) is 5.34. The van der Waals surface area contributed by atoms with Gasteiger partial charge in [0.2, 0.25) is 5.91 Å². The van der Waals surface area contributed by atoms with Crippen molar-refractivity contribution >= 4 is 46.5 Å². The fourth-order valence-electron chi connectivity index (χ4n) is 3.34. The van der Waals surface area contributed by atoms with Crippen LogP contribution >= 0.6 is 11.8 Å². The van der Waals surface area contributed by atoms with Crippen molar-refractivity contribution in [3.8, 4) is 11.3 Å². The Kier molecular flexibility index (Phi) is 6.71. The summed E-state index contributed by atoms with van der Waals surface area (Å²) in [6.07, 6.45) is -3.32. The van der Waals surface area contributed by atoms with Crippen LogP contribution in [0, 0.1) is 0 Å². The lowest BCUT2D eigenvalue weighted by molar-refractivity contribution is -0.137. The Hall–Kier alpha value is -4.32. The molecule has 0 unspecified atom stereocenters. The number of carbonyl (C=O) groups excluding carboxylic acids is 3. The van der Waals surface area contributed by atoms with E-state index in [-0.39, 0.29) is 27.7 Å². The summed E-state index contributed by atoms with van der Waals surface area (Å²) in [4.78, 5) is 49.3. The van der Waals surface area contributed by atoms with E-state index in [0.29, 0.717) is 22.2 Å². The zero-order valence-electron chi connectivity index (χ0n) is 18.0. The molecule has 2 N–H and O–H groups in total. The van der Waals surface area contributed by atoms with Gasteiger partial charge in [0.25, 0.3) is 11.1 Å². The highest BCUT2D eigenvalue weighted by Crippen LogP contribution is 2.34. The number of aromatic carboxylic acids is 1. The minimum atomic E-state index is -4.60. The maximum Gasteiger partial charge on any atom is 0.416 e. The highest BCUT2D eigenvalue weighted by molar-refractivity contribution is 8.18. The van der Waals surface area contributed by atoms with E-state index in [4.69, 9.17) is 4.42 Å². The number of furan rings is 1. The molecule has 0 atom stereocenters. The monoisotopic (exact) mass is 516 g/mol. The Balaban J connectivity index is 1.46. The Bertz CT molecular complexity index is 1410. The first-order valence-electron chi connectivity index (χ1n) is 10.2. The van der Waals surface area contributed by atoms with Gasteiger partial charge in [-0.2, -0.15) is 13.2 Å². The van der Waals surface area contributed by atoms with E-state index in [0.717, 1.165) is 18.2 Å². The number of hydrogen-bond acceptors (Lipinski definition) is 6. The van der Waals surface area contributed by atoms with Crippen molar-refractivity contribution in [3.63, 3.8) is 0 Å². The molecule has 0 bridgehead atoms. The molecule has 3 aromatic rings. The lowest BCUT2D eigenvalue weighted by Gasteiger charge is -2.13. The largest absolute Gasteiger partial charge is 0.478 e. The molecule has 12 heteroatoms. The molecule has 1 aromatic heterocycles. The number of rotatable bonds is 6. The van der Waals surface area contributed by atoms with Gasteiger partial charge in [-0.05, 0) is 48.2 Å². The first kappa shape index (κ1) is 24.8. The molecule has 1 aliphatic heterocycles. The fraction of sp³-hybridized carbons (Fsp3) is 0.0833. The van der Waals surface area contributed by atoms with E-state index in [2.05, 4.69) is 5.32 Å². The number of alkyl halides is 3. The average Bonchev–Trinajstić information content (AvgIpc) is 3.39. The Labute approximate surface area is 205 Å². The number of amides is 3. The number of imide groups is 1. The molecule has 0 spiro atoms. The molecular formula is C24H15F3N2O6S. The van der Waals surface area contributed by atoms with Crippen molar-refractivity contribution in [3.05, 3.63) is 82.5 Å². The summed E-state index contributed by atoms with van der Waals surface area (Å²) in [7, 11) is 0. The summed E-state index contributed by atoms with van der Waals surface area (Å²) >= 11 is 0.560. The quantitative estimate of drug-likeness (QED) is 0.425. The highest BCUT2D eigenvalue weighted by atomic mass is 32.2. The third-order valence-corrected chi connectivity index (χ3v) is 5.88. The smallest absolute Gasteiger partial charge is 0.416 e. The van der Waals surface area contributed by atoms with Crippen LogP contribution in [0.5, 0.6) is 0 Å². The standard InChI is InChI=1S/C24H15F3N2O6S/c25-24(26,27)13-4-3-5-14(10-13)28-20(30)12-29-21(31)19(36-23(29)34)11-15-8-9-18(35-15)16-6-1-2-7-17(16)22(32)33/h1-11H,12H2,(H,28,30)(H,32,33)/b19-11-. The van der Waals surface area contributed by atoms with Gasteiger partial charge in [-0.3, -0.25) is 19.3 Å². The van der Waals surface area contributed by atoms with Gasteiger partial charge in [0.15, 0.2) is 0 Å². The molecule has 1 fully saturated rings. The SMILES string of the molecule is O=C(CN1C(=O)S/C(=C\c2ccc(-c3ccccc3C(=O)O)o2)C1=O)Nc1cccc(C(F)(F)F)c1. The average molecular weight is 516 g/mol. The van der Waals surface area contributed by atoms with E-state index in [1.807, 2.05) is 0 Å². The van der Waals surface area contributed by atoms with Gasteiger partial charge in [-0.1, -0.05) is 24.3 Å². The Morgan fingerprint density at radius 2 is 1.81 bits per heavy atom. The topological polar surface area (TPSA) is 117 Å². The number of carboxylic acid groups (broad SMARTS) is 1. The van der Waals surface area contributed by atoms with Crippen LogP contribution in [0.15, 0.2) is 70.0 Å². The van der Waals surface area contributed by atoms with Crippen molar-refractivity contribution in [2.45, 2.75) is 6.18 Å². The van der Waals surface area contributed by atoms with Crippen LogP contribution in [-0.4, -0.2) is 39.6 Å². The molecule has 0 saturated carbocycles. The van der Waals surface area contributed by atoms with Crippen molar-refractivity contribution in [1.82, 2.24) is 4.90 Å². The van der Waals surface area contributed by atoms with Crippen LogP contribution in [-0.2, 0) is 15.8 Å². The van der Waals surface area contributed by atoms with E-state index in [1.165, 1.54) is 30.3 Å². The number of nitrogens with one attached hydrogen (secondary N) is 1. The lowest BCUT2D eigenvalue weighted by atomic mass is 10.1. The third-order valence-electron chi connectivity index (χ3n) is 4.97. The number of halogens is 3. The molecule has 8 nitrogen and oxygen atoms in total. The molecule has 1 saturated heterocycles.